The van der Waals surface area contributed by atoms with Gasteiger partial charge in [-0.3, -0.25) is 4.79 Å². The van der Waals surface area contributed by atoms with E-state index in [2.05, 4.69) is 10.1 Å². The minimum Gasteiger partial charge on any atom is -0.361 e. The molecule has 1 N–H and O–H groups in total. The zero-order chi connectivity index (χ0) is 10.1. The SMILES string of the molecule is Cc1noc(C)c1-c1cccc(=O)[nH]1. The van der Waals surface area contributed by atoms with Gasteiger partial charge in [-0.05, 0) is 19.9 Å². The van der Waals surface area contributed by atoms with Crippen LogP contribution in [0, 0.1) is 13.8 Å². The van der Waals surface area contributed by atoms with Gasteiger partial charge >= 0.3 is 0 Å². The first-order chi connectivity index (χ1) is 6.68. The van der Waals surface area contributed by atoms with Crippen LogP contribution in [0.1, 0.15) is 11.5 Å². The first-order valence-corrected chi connectivity index (χ1v) is 4.31. The highest BCUT2D eigenvalue weighted by Gasteiger charge is 2.11. The summed E-state index contributed by atoms with van der Waals surface area (Å²) in [4.78, 5) is 13.8. The molecule has 0 aromatic carbocycles. The molecule has 0 atom stereocenters. The Labute approximate surface area is 80.6 Å². The van der Waals surface area contributed by atoms with Crippen LogP contribution in [0.3, 0.4) is 0 Å². The largest absolute Gasteiger partial charge is 0.361 e. The number of hydrogen-bond acceptors (Lipinski definition) is 3. The highest BCUT2D eigenvalue weighted by atomic mass is 16.5. The molecule has 4 nitrogen and oxygen atoms in total. The average Bonchev–Trinajstić information content (AvgIpc) is 2.46. The summed E-state index contributed by atoms with van der Waals surface area (Å²) in [6, 6.07) is 5.01. The molecule has 2 aromatic heterocycles. The lowest BCUT2D eigenvalue weighted by atomic mass is 10.1. The fourth-order valence-electron chi connectivity index (χ4n) is 1.46. The van der Waals surface area contributed by atoms with Gasteiger partial charge in [0.1, 0.15) is 5.76 Å². The topological polar surface area (TPSA) is 58.9 Å². The van der Waals surface area contributed by atoms with E-state index in [-0.39, 0.29) is 5.56 Å². The lowest BCUT2D eigenvalue weighted by molar-refractivity contribution is 0.393. The number of nitrogens with one attached hydrogen (secondary N) is 1. The van der Waals surface area contributed by atoms with E-state index < -0.39 is 0 Å². The number of aryl methyl sites for hydroxylation is 2. The molecule has 0 saturated carbocycles. The van der Waals surface area contributed by atoms with Crippen molar-refractivity contribution < 1.29 is 4.52 Å². The molecule has 0 radical (unpaired) electrons. The van der Waals surface area contributed by atoms with Crippen LogP contribution in [0.4, 0.5) is 0 Å². The summed E-state index contributed by atoms with van der Waals surface area (Å²) in [6.07, 6.45) is 0. The highest BCUT2D eigenvalue weighted by Crippen LogP contribution is 2.23. The first kappa shape index (κ1) is 8.74. The molecule has 0 spiro atoms. The van der Waals surface area contributed by atoms with Crippen LogP contribution in [-0.2, 0) is 0 Å². The molecule has 0 aliphatic carbocycles. The van der Waals surface area contributed by atoms with E-state index in [1.54, 1.807) is 6.07 Å². The summed E-state index contributed by atoms with van der Waals surface area (Å²) in [7, 11) is 0. The number of aromatic nitrogens is 2. The second-order valence-electron chi connectivity index (χ2n) is 3.13. The first-order valence-electron chi connectivity index (χ1n) is 4.31. The molecule has 0 aliphatic rings. The van der Waals surface area contributed by atoms with Crippen molar-refractivity contribution in [2.45, 2.75) is 13.8 Å². The van der Waals surface area contributed by atoms with Crippen molar-refractivity contribution in [3.63, 3.8) is 0 Å². The maximum Gasteiger partial charge on any atom is 0.248 e. The van der Waals surface area contributed by atoms with Gasteiger partial charge in [0.2, 0.25) is 5.56 Å². The van der Waals surface area contributed by atoms with Crippen LogP contribution < -0.4 is 5.56 Å². The Hall–Kier alpha value is -1.84. The summed E-state index contributed by atoms with van der Waals surface area (Å²) in [5, 5.41) is 3.83. The van der Waals surface area contributed by atoms with E-state index in [1.807, 2.05) is 19.9 Å². The van der Waals surface area contributed by atoms with E-state index in [9.17, 15) is 4.79 Å². The fourth-order valence-corrected chi connectivity index (χ4v) is 1.46. The lowest BCUT2D eigenvalue weighted by Gasteiger charge is -1.98. The molecular weight excluding hydrogens is 180 g/mol. The standard InChI is InChI=1S/C10H10N2O2/c1-6-10(7(2)14-12-6)8-4-3-5-9(13)11-8/h3-5H,1-2H3,(H,11,13). The number of hydrogen-bond donors (Lipinski definition) is 1. The molecule has 2 rings (SSSR count). The average molecular weight is 190 g/mol. The second kappa shape index (κ2) is 3.14. The summed E-state index contributed by atoms with van der Waals surface area (Å²) < 4.78 is 5.02. The minimum atomic E-state index is -0.123. The Bertz CT molecular complexity index is 491. The van der Waals surface area contributed by atoms with Crippen molar-refractivity contribution in [2.24, 2.45) is 0 Å². The van der Waals surface area contributed by atoms with Crippen molar-refractivity contribution >= 4 is 0 Å². The number of pyridine rings is 1. The number of rotatable bonds is 1. The molecule has 2 heterocycles. The summed E-state index contributed by atoms with van der Waals surface area (Å²) in [5.41, 5.74) is 2.27. The van der Waals surface area contributed by atoms with Crippen LogP contribution in [0.5, 0.6) is 0 Å². The Morgan fingerprint density at radius 2 is 2.14 bits per heavy atom. The van der Waals surface area contributed by atoms with Gasteiger partial charge in [0.15, 0.2) is 0 Å². The third-order valence-corrected chi connectivity index (χ3v) is 2.07. The molecule has 0 unspecified atom stereocenters. The highest BCUT2D eigenvalue weighted by molar-refractivity contribution is 5.63. The Kier molecular flexibility index (Phi) is 1.96. The van der Waals surface area contributed by atoms with Gasteiger partial charge in [-0.2, -0.15) is 0 Å². The van der Waals surface area contributed by atoms with Crippen LogP contribution in [0.2, 0.25) is 0 Å². The Morgan fingerprint density at radius 1 is 1.36 bits per heavy atom. The zero-order valence-electron chi connectivity index (χ0n) is 8.00. The normalized spacial score (nSPS) is 10.4. The van der Waals surface area contributed by atoms with Crippen LogP contribution in [0.15, 0.2) is 27.5 Å². The van der Waals surface area contributed by atoms with Crippen molar-refractivity contribution in [2.75, 3.05) is 0 Å². The number of nitrogens with zero attached hydrogens (tertiary/aromatic N) is 1. The molecule has 0 amide bonds. The predicted octanol–water partition coefficient (Wildman–Crippen LogP) is 1.65. The van der Waals surface area contributed by atoms with E-state index >= 15 is 0 Å². The number of H-pyrrole nitrogens is 1. The maximum absolute atomic E-state index is 11.1. The smallest absolute Gasteiger partial charge is 0.248 e. The maximum atomic E-state index is 11.1. The van der Waals surface area contributed by atoms with E-state index in [0.717, 1.165) is 17.0 Å². The quantitative estimate of drug-likeness (QED) is 0.743. The molecule has 2 aromatic rings. The van der Waals surface area contributed by atoms with Gasteiger partial charge in [0, 0.05) is 6.07 Å². The predicted molar refractivity (Wildman–Crippen MR) is 52.0 cm³/mol. The summed E-state index contributed by atoms with van der Waals surface area (Å²) >= 11 is 0. The third-order valence-electron chi connectivity index (χ3n) is 2.07. The third kappa shape index (κ3) is 1.35. The number of aromatic amines is 1. The van der Waals surface area contributed by atoms with Gasteiger partial charge in [0.05, 0.1) is 17.0 Å². The van der Waals surface area contributed by atoms with Crippen LogP contribution >= 0.6 is 0 Å². The van der Waals surface area contributed by atoms with Gasteiger partial charge in [-0.1, -0.05) is 11.2 Å². The molecule has 0 aliphatic heterocycles. The van der Waals surface area contributed by atoms with Crippen LogP contribution in [0.25, 0.3) is 11.3 Å². The van der Waals surface area contributed by atoms with Gasteiger partial charge < -0.3 is 9.51 Å². The van der Waals surface area contributed by atoms with E-state index in [4.69, 9.17) is 4.52 Å². The Morgan fingerprint density at radius 3 is 2.71 bits per heavy atom. The Balaban J connectivity index is 2.65. The van der Waals surface area contributed by atoms with Crippen molar-refractivity contribution in [1.29, 1.82) is 0 Å². The van der Waals surface area contributed by atoms with Gasteiger partial charge in [0.25, 0.3) is 0 Å². The zero-order valence-corrected chi connectivity index (χ0v) is 8.00. The molecule has 72 valence electrons. The second-order valence-corrected chi connectivity index (χ2v) is 3.13. The lowest BCUT2D eigenvalue weighted by Crippen LogP contribution is -2.03. The van der Waals surface area contributed by atoms with Gasteiger partial charge in [-0.15, -0.1) is 0 Å². The fraction of sp³-hybridized carbons (Fsp3) is 0.200. The molecular formula is C10H10N2O2. The molecule has 0 fully saturated rings. The monoisotopic (exact) mass is 190 g/mol. The van der Waals surface area contributed by atoms with E-state index in [0.29, 0.717) is 5.76 Å². The van der Waals surface area contributed by atoms with Crippen molar-refractivity contribution in [3.05, 3.63) is 40.0 Å². The van der Waals surface area contributed by atoms with Crippen molar-refractivity contribution in [1.82, 2.24) is 10.1 Å². The summed E-state index contributed by atoms with van der Waals surface area (Å²) in [5.74, 6) is 0.712. The molecule has 0 saturated heterocycles. The van der Waals surface area contributed by atoms with Crippen molar-refractivity contribution in [3.8, 4) is 11.3 Å². The summed E-state index contributed by atoms with van der Waals surface area (Å²) in [6.45, 7) is 3.66. The molecule has 0 bridgehead atoms. The van der Waals surface area contributed by atoms with E-state index in [1.165, 1.54) is 6.07 Å². The molecule has 4 heteroatoms. The van der Waals surface area contributed by atoms with Gasteiger partial charge in [-0.25, -0.2) is 0 Å². The molecule has 14 heavy (non-hydrogen) atoms. The minimum absolute atomic E-state index is 0.123. The van der Waals surface area contributed by atoms with Crippen LogP contribution in [-0.4, -0.2) is 10.1 Å².